The largest absolute Gasteiger partial charge is 0.398 e. The van der Waals surface area contributed by atoms with Crippen molar-refractivity contribution in [1.29, 1.82) is 0 Å². The van der Waals surface area contributed by atoms with Crippen LogP contribution in [-0.4, -0.2) is 45.0 Å². The zero-order chi connectivity index (χ0) is 14.6. The van der Waals surface area contributed by atoms with Crippen LogP contribution >= 0.6 is 11.6 Å². The van der Waals surface area contributed by atoms with Crippen LogP contribution in [0.15, 0.2) is 18.2 Å². The van der Waals surface area contributed by atoms with E-state index in [1.165, 1.54) is 20.2 Å². The van der Waals surface area contributed by atoms with Crippen LogP contribution in [0.2, 0.25) is 5.02 Å². The van der Waals surface area contributed by atoms with Crippen LogP contribution in [0.5, 0.6) is 0 Å². The van der Waals surface area contributed by atoms with Crippen molar-refractivity contribution in [3.8, 4) is 0 Å². The van der Waals surface area contributed by atoms with E-state index in [9.17, 15) is 13.2 Å². The molecule has 1 aromatic rings. The van der Waals surface area contributed by atoms with Gasteiger partial charge in [-0.1, -0.05) is 17.7 Å². The Bertz CT molecular complexity index is 573. The van der Waals surface area contributed by atoms with Crippen molar-refractivity contribution in [2.45, 2.75) is 0 Å². The number of nitrogens with zero attached hydrogens (tertiary/aromatic N) is 1. The zero-order valence-corrected chi connectivity index (χ0v) is 12.3. The molecule has 0 heterocycles. The number of amides is 1. The van der Waals surface area contributed by atoms with Crippen LogP contribution in [0.3, 0.4) is 0 Å². The van der Waals surface area contributed by atoms with Crippen LogP contribution in [-0.2, 0) is 10.0 Å². The molecule has 0 aliphatic rings. The summed E-state index contributed by atoms with van der Waals surface area (Å²) >= 11 is 5.90. The van der Waals surface area contributed by atoms with E-state index >= 15 is 0 Å². The smallest absolute Gasteiger partial charge is 0.252 e. The maximum atomic E-state index is 11.8. The molecule has 0 saturated heterocycles. The summed E-state index contributed by atoms with van der Waals surface area (Å²) in [7, 11) is -0.461. The van der Waals surface area contributed by atoms with Gasteiger partial charge in [0.05, 0.1) is 22.0 Å². The normalized spacial score (nSPS) is 11.6. The van der Waals surface area contributed by atoms with E-state index in [0.29, 0.717) is 5.69 Å². The molecule has 0 aromatic heterocycles. The van der Waals surface area contributed by atoms with Crippen molar-refractivity contribution in [2.75, 3.05) is 32.1 Å². The van der Waals surface area contributed by atoms with Gasteiger partial charge in [-0.2, -0.15) is 0 Å². The average Bonchev–Trinajstić information content (AvgIpc) is 2.32. The Labute approximate surface area is 117 Å². The zero-order valence-electron chi connectivity index (χ0n) is 10.7. The Kier molecular flexibility index (Phi) is 5.16. The number of sulfonamides is 1. The van der Waals surface area contributed by atoms with Gasteiger partial charge in [-0.25, -0.2) is 12.7 Å². The molecule has 0 unspecified atom stereocenters. The number of nitrogen functional groups attached to an aromatic ring is 1. The van der Waals surface area contributed by atoms with E-state index in [2.05, 4.69) is 5.32 Å². The van der Waals surface area contributed by atoms with Gasteiger partial charge in [0.1, 0.15) is 0 Å². The van der Waals surface area contributed by atoms with Crippen LogP contribution in [0.1, 0.15) is 10.4 Å². The van der Waals surface area contributed by atoms with Crippen LogP contribution in [0, 0.1) is 0 Å². The lowest BCUT2D eigenvalue weighted by molar-refractivity contribution is 0.0956. The highest BCUT2D eigenvalue weighted by atomic mass is 35.5. The van der Waals surface area contributed by atoms with E-state index in [1.54, 1.807) is 12.1 Å². The molecule has 0 spiro atoms. The van der Waals surface area contributed by atoms with E-state index in [1.807, 2.05) is 0 Å². The molecule has 0 saturated carbocycles. The lowest BCUT2D eigenvalue weighted by Gasteiger charge is -2.12. The Morgan fingerprint density at radius 3 is 2.63 bits per heavy atom. The van der Waals surface area contributed by atoms with Gasteiger partial charge in [-0.3, -0.25) is 4.79 Å². The summed E-state index contributed by atoms with van der Waals surface area (Å²) < 4.78 is 24.1. The summed E-state index contributed by atoms with van der Waals surface area (Å²) in [6, 6.07) is 4.71. The van der Waals surface area contributed by atoms with Gasteiger partial charge in [0.2, 0.25) is 10.0 Å². The molecule has 3 N–H and O–H groups in total. The molecule has 0 aliphatic heterocycles. The molecule has 0 bridgehead atoms. The molecule has 1 rings (SSSR count). The van der Waals surface area contributed by atoms with Crippen molar-refractivity contribution >= 4 is 33.2 Å². The van der Waals surface area contributed by atoms with Crippen LogP contribution < -0.4 is 11.1 Å². The summed E-state index contributed by atoms with van der Waals surface area (Å²) in [5, 5.41) is 2.66. The first kappa shape index (κ1) is 15.7. The molecule has 19 heavy (non-hydrogen) atoms. The summed E-state index contributed by atoms with van der Waals surface area (Å²) in [6.45, 7) is 0.00444. The summed E-state index contributed by atoms with van der Waals surface area (Å²) in [4.78, 5) is 11.8. The van der Waals surface area contributed by atoms with Crippen molar-refractivity contribution in [3.05, 3.63) is 28.8 Å². The number of nitrogens with one attached hydrogen (secondary N) is 1. The average molecular weight is 306 g/mol. The second-order valence-electron chi connectivity index (χ2n) is 4.06. The minimum Gasteiger partial charge on any atom is -0.398 e. The fraction of sp³-hybridized carbons (Fsp3) is 0.364. The third kappa shape index (κ3) is 4.09. The number of hydrogen-bond donors (Lipinski definition) is 2. The SMILES string of the molecule is CN(C)S(=O)(=O)CCNC(=O)c1cccc(N)c1Cl. The fourth-order valence-electron chi connectivity index (χ4n) is 1.30. The molecule has 8 heteroatoms. The molecule has 1 aromatic carbocycles. The van der Waals surface area contributed by atoms with E-state index in [4.69, 9.17) is 17.3 Å². The second kappa shape index (κ2) is 6.23. The third-order valence-electron chi connectivity index (χ3n) is 2.48. The molecule has 0 fully saturated rings. The first-order valence-electron chi connectivity index (χ1n) is 5.48. The maximum Gasteiger partial charge on any atom is 0.252 e. The standard InChI is InChI=1S/C11H16ClN3O3S/c1-15(2)19(17,18)7-6-14-11(16)8-4-3-5-9(13)10(8)12/h3-5H,6-7,13H2,1-2H3,(H,14,16). The number of carbonyl (C=O) groups excluding carboxylic acids is 1. The highest BCUT2D eigenvalue weighted by Crippen LogP contribution is 2.22. The number of halogens is 1. The summed E-state index contributed by atoms with van der Waals surface area (Å²) in [6.07, 6.45) is 0. The van der Waals surface area contributed by atoms with Crippen LogP contribution in [0.4, 0.5) is 5.69 Å². The van der Waals surface area contributed by atoms with Crippen molar-refractivity contribution in [1.82, 2.24) is 9.62 Å². The molecular weight excluding hydrogens is 290 g/mol. The molecule has 1 amide bonds. The van der Waals surface area contributed by atoms with Gasteiger partial charge >= 0.3 is 0 Å². The predicted molar refractivity (Wildman–Crippen MR) is 75.7 cm³/mol. The lowest BCUT2D eigenvalue weighted by atomic mass is 10.2. The number of anilines is 1. The first-order valence-corrected chi connectivity index (χ1v) is 7.47. The molecule has 0 atom stereocenters. The van der Waals surface area contributed by atoms with E-state index in [-0.39, 0.29) is 22.9 Å². The van der Waals surface area contributed by atoms with Gasteiger partial charge in [0.25, 0.3) is 5.91 Å². The van der Waals surface area contributed by atoms with Crippen molar-refractivity contribution < 1.29 is 13.2 Å². The highest BCUT2D eigenvalue weighted by Gasteiger charge is 2.15. The summed E-state index contributed by atoms with van der Waals surface area (Å²) in [5.74, 6) is -0.627. The van der Waals surface area contributed by atoms with Gasteiger partial charge in [0, 0.05) is 20.6 Å². The third-order valence-corrected chi connectivity index (χ3v) is 4.73. The summed E-state index contributed by atoms with van der Waals surface area (Å²) in [5.41, 5.74) is 6.11. The van der Waals surface area contributed by atoms with E-state index < -0.39 is 15.9 Å². The molecule has 0 aliphatic carbocycles. The monoisotopic (exact) mass is 305 g/mol. The minimum absolute atomic E-state index is 0.00444. The van der Waals surface area contributed by atoms with Gasteiger partial charge in [0.15, 0.2) is 0 Å². The lowest BCUT2D eigenvalue weighted by Crippen LogP contribution is -2.34. The maximum absolute atomic E-state index is 11.8. The molecular formula is C11H16ClN3O3S. The Hall–Kier alpha value is -1.31. The Morgan fingerprint density at radius 1 is 1.42 bits per heavy atom. The van der Waals surface area contributed by atoms with Gasteiger partial charge in [-0.15, -0.1) is 0 Å². The fourth-order valence-corrected chi connectivity index (χ4v) is 2.23. The second-order valence-corrected chi connectivity index (χ2v) is 6.74. The first-order chi connectivity index (χ1) is 8.75. The number of rotatable bonds is 5. The number of benzene rings is 1. The minimum atomic E-state index is -3.33. The molecule has 6 nitrogen and oxygen atoms in total. The quantitative estimate of drug-likeness (QED) is 0.777. The van der Waals surface area contributed by atoms with Gasteiger partial charge < -0.3 is 11.1 Å². The number of carbonyl (C=O) groups is 1. The van der Waals surface area contributed by atoms with Gasteiger partial charge in [-0.05, 0) is 12.1 Å². The van der Waals surface area contributed by atoms with E-state index in [0.717, 1.165) is 4.31 Å². The number of hydrogen-bond acceptors (Lipinski definition) is 4. The van der Waals surface area contributed by atoms with Crippen molar-refractivity contribution in [3.63, 3.8) is 0 Å². The Morgan fingerprint density at radius 2 is 2.05 bits per heavy atom. The topological polar surface area (TPSA) is 92.5 Å². The predicted octanol–water partition coefficient (Wildman–Crippen LogP) is 0.543. The molecule has 106 valence electrons. The van der Waals surface area contributed by atoms with Crippen LogP contribution in [0.25, 0.3) is 0 Å². The number of nitrogens with two attached hydrogens (primary N) is 1. The van der Waals surface area contributed by atoms with Crippen molar-refractivity contribution in [2.24, 2.45) is 0 Å². The Balaban J connectivity index is 2.65. The highest BCUT2D eigenvalue weighted by molar-refractivity contribution is 7.89. The molecule has 0 radical (unpaired) electrons.